The molecule has 0 unspecified atom stereocenters. The number of rotatable bonds is 7. The van der Waals surface area contributed by atoms with Crippen LogP contribution in [0.2, 0.25) is 0 Å². The Bertz CT molecular complexity index is 764. The van der Waals surface area contributed by atoms with E-state index in [9.17, 15) is 10.1 Å². The normalized spacial score (nSPS) is 10.8. The lowest BCUT2D eigenvalue weighted by Crippen LogP contribution is -2.29. The van der Waals surface area contributed by atoms with Crippen LogP contribution in [0.3, 0.4) is 0 Å². The number of nitrogens with zero attached hydrogens (tertiary/aromatic N) is 2. The Balaban J connectivity index is 2.36. The van der Waals surface area contributed by atoms with Gasteiger partial charge in [-0.3, -0.25) is 4.79 Å². The summed E-state index contributed by atoms with van der Waals surface area (Å²) in [6.45, 7) is 0.715. The van der Waals surface area contributed by atoms with Gasteiger partial charge in [0.2, 0.25) is 0 Å². The van der Waals surface area contributed by atoms with Gasteiger partial charge in [-0.25, -0.2) is 0 Å². The van der Waals surface area contributed by atoms with Crippen molar-refractivity contribution >= 4 is 23.0 Å². The minimum absolute atomic E-state index is 0.00298. The number of nitrogen functional groups attached to an aromatic ring is 1. The standard InChI is InChI=1S/C19H20N4O2/c1-25-12-11-22-19(24)15(13-20)14-23(17-5-3-2-4-6-17)18-9-7-16(21)8-10-18/h2-10,14H,11-12,21H2,1H3,(H,22,24)/b15-14-. The van der Waals surface area contributed by atoms with E-state index in [1.54, 1.807) is 24.1 Å². The first-order valence-electron chi connectivity index (χ1n) is 7.74. The van der Waals surface area contributed by atoms with Crippen LogP contribution < -0.4 is 16.0 Å². The molecule has 0 saturated heterocycles. The molecule has 0 radical (unpaired) electrons. The number of ether oxygens (including phenoxy) is 1. The summed E-state index contributed by atoms with van der Waals surface area (Å²) in [6, 6.07) is 18.6. The summed E-state index contributed by atoms with van der Waals surface area (Å²) in [6.07, 6.45) is 1.52. The van der Waals surface area contributed by atoms with Crippen molar-refractivity contribution in [1.29, 1.82) is 5.26 Å². The number of anilines is 3. The van der Waals surface area contributed by atoms with Gasteiger partial charge in [-0.1, -0.05) is 18.2 Å². The minimum atomic E-state index is -0.448. The molecule has 2 rings (SSSR count). The first-order valence-corrected chi connectivity index (χ1v) is 7.74. The molecule has 0 bridgehead atoms. The summed E-state index contributed by atoms with van der Waals surface area (Å²) in [5.74, 6) is -0.448. The van der Waals surface area contributed by atoms with Crippen LogP contribution in [-0.2, 0) is 9.53 Å². The van der Waals surface area contributed by atoms with Crippen molar-refractivity contribution in [2.45, 2.75) is 0 Å². The Kier molecular flexibility index (Phi) is 6.57. The Morgan fingerprint density at radius 3 is 2.44 bits per heavy atom. The van der Waals surface area contributed by atoms with Gasteiger partial charge in [-0.05, 0) is 36.4 Å². The van der Waals surface area contributed by atoms with Gasteiger partial charge in [0.1, 0.15) is 11.6 Å². The SMILES string of the molecule is COCCNC(=O)/C(C#N)=C\N(c1ccccc1)c1ccc(N)cc1. The molecule has 0 saturated carbocycles. The molecular weight excluding hydrogens is 316 g/mol. The third-order valence-electron chi connectivity index (χ3n) is 3.42. The first kappa shape index (κ1) is 18.0. The van der Waals surface area contributed by atoms with E-state index >= 15 is 0 Å². The molecule has 128 valence electrons. The molecule has 0 heterocycles. The molecule has 2 aromatic rings. The summed E-state index contributed by atoms with van der Waals surface area (Å²) in [7, 11) is 1.55. The highest BCUT2D eigenvalue weighted by Gasteiger charge is 2.13. The second-order valence-electron chi connectivity index (χ2n) is 5.20. The quantitative estimate of drug-likeness (QED) is 0.351. The number of carbonyl (C=O) groups excluding carboxylic acids is 1. The smallest absolute Gasteiger partial charge is 0.263 e. The fraction of sp³-hybridized carbons (Fsp3) is 0.158. The fourth-order valence-electron chi connectivity index (χ4n) is 2.15. The average molecular weight is 336 g/mol. The molecule has 6 heteroatoms. The second kappa shape index (κ2) is 9.11. The number of nitrogens with two attached hydrogens (primary N) is 1. The third kappa shape index (κ3) is 5.09. The fourth-order valence-corrected chi connectivity index (χ4v) is 2.15. The molecule has 25 heavy (non-hydrogen) atoms. The predicted molar refractivity (Wildman–Crippen MR) is 98.0 cm³/mol. The molecule has 1 amide bonds. The van der Waals surface area contributed by atoms with E-state index in [0.717, 1.165) is 11.4 Å². The first-order chi connectivity index (χ1) is 12.2. The zero-order chi connectivity index (χ0) is 18.1. The highest BCUT2D eigenvalue weighted by molar-refractivity contribution is 5.98. The zero-order valence-corrected chi connectivity index (χ0v) is 14.0. The number of hydrogen-bond donors (Lipinski definition) is 2. The summed E-state index contributed by atoms with van der Waals surface area (Å²) in [5.41, 5.74) is 8.00. The maximum absolute atomic E-state index is 12.2. The number of nitriles is 1. The van der Waals surface area contributed by atoms with E-state index in [1.165, 1.54) is 6.20 Å². The minimum Gasteiger partial charge on any atom is -0.399 e. The summed E-state index contributed by atoms with van der Waals surface area (Å²) in [4.78, 5) is 14.0. The molecule has 0 atom stereocenters. The lowest BCUT2D eigenvalue weighted by atomic mass is 10.2. The molecule has 0 aliphatic rings. The van der Waals surface area contributed by atoms with Gasteiger partial charge in [0.05, 0.1) is 6.61 Å². The van der Waals surface area contributed by atoms with Gasteiger partial charge >= 0.3 is 0 Å². The summed E-state index contributed by atoms with van der Waals surface area (Å²) < 4.78 is 4.90. The number of para-hydroxylation sites is 1. The summed E-state index contributed by atoms with van der Waals surface area (Å²) >= 11 is 0. The van der Waals surface area contributed by atoms with Crippen LogP contribution in [0.5, 0.6) is 0 Å². The highest BCUT2D eigenvalue weighted by Crippen LogP contribution is 2.27. The van der Waals surface area contributed by atoms with Crippen molar-refractivity contribution in [2.24, 2.45) is 0 Å². The van der Waals surface area contributed by atoms with Crippen molar-refractivity contribution in [3.63, 3.8) is 0 Å². The van der Waals surface area contributed by atoms with Gasteiger partial charge in [-0.2, -0.15) is 5.26 Å². The zero-order valence-electron chi connectivity index (χ0n) is 14.0. The van der Waals surface area contributed by atoms with E-state index in [0.29, 0.717) is 18.8 Å². The molecule has 0 fully saturated rings. The van der Waals surface area contributed by atoms with Crippen LogP contribution in [0, 0.1) is 11.3 Å². The Morgan fingerprint density at radius 1 is 1.20 bits per heavy atom. The predicted octanol–water partition coefficient (Wildman–Crippen LogP) is 2.58. The van der Waals surface area contributed by atoms with Crippen molar-refractivity contribution in [1.82, 2.24) is 5.32 Å². The van der Waals surface area contributed by atoms with E-state index in [-0.39, 0.29) is 5.57 Å². The van der Waals surface area contributed by atoms with Crippen LogP contribution in [0.15, 0.2) is 66.4 Å². The topological polar surface area (TPSA) is 91.4 Å². The van der Waals surface area contributed by atoms with Gasteiger partial charge < -0.3 is 20.7 Å². The van der Waals surface area contributed by atoms with Crippen LogP contribution in [0.25, 0.3) is 0 Å². The van der Waals surface area contributed by atoms with Crippen molar-refractivity contribution in [3.8, 4) is 6.07 Å². The Labute approximate surface area is 147 Å². The number of methoxy groups -OCH3 is 1. The molecule has 0 aliphatic carbocycles. The van der Waals surface area contributed by atoms with E-state index in [1.807, 2.05) is 48.5 Å². The lowest BCUT2D eigenvalue weighted by molar-refractivity contribution is -0.117. The van der Waals surface area contributed by atoms with Gasteiger partial charge in [0, 0.05) is 36.9 Å². The highest BCUT2D eigenvalue weighted by atomic mass is 16.5. The number of carbonyl (C=O) groups is 1. The number of amides is 1. The summed E-state index contributed by atoms with van der Waals surface area (Å²) in [5, 5.41) is 12.0. The number of nitrogens with one attached hydrogen (secondary N) is 1. The van der Waals surface area contributed by atoms with Crippen molar-refractivity contribution in [2.75, 3.05) is 30.9 Å². The number of benzene rings is 2. The lowest BCUT2D eigenvalue weighted by Gasteiger charge is -2.21. The maximum Gasteiger partial charge on any atom is 0.263 e. The number of hydrogen-bond acceptors (Lipinski definition) is 5. The average Bonchev–Trinajstić information content (AvgIpc) is 2.64. The molecule has 3 N–H and O–H groups in total. The molecule has 0 aromatic heterocycles. The van der Waals surface area contributed by atoms with Crippen molar-refractivity contribution in [3.05, 3.63) is 66.4 Å². The van der Waals surface area contributed by atoms with Crippen LogP contribution in [-0.4, -0.2) is 26.2 Å². The van der Waals surface area contributed by atoms with Crippen LogP contribution in [0.4, 0.5) is 17.1 Å². The van der Waals surface area contributed by atoms with Crippen LogP contribution >= 0.6 is 0 Å². The monoisotopic (exact) mass is 336 g/mol. The molecular formula is C19H20N4O2. The maximum atomic E-state index is 12.2. The van der Waals surface area contributed by atoms with Gasteiger partial charge in [-0.15, -0.1) is 0 Å². The largest absolute Gasteiger partial charge is 0.399 e. The van der Waals surface area contributed by atoms with Crippen LogP contribution in [0.1, 0.15) is 0 Å². The second-order valence-corrected chi connectivity index (χ2v) is 5.20. The van der Waals surface area contributed by atoms with E-state index < -0.39 is 5.91 Å². The Morgan fingerprint density at radius 2 is 1.84 bits per heavy atom. The molecule has 6 nitrogen and oxygen atoms in total. The van der Waals surface area contributed by atoms with Gasteiger partial charge in [0.15, 0.2) is 0 Å². The van der Waals surface area contributed by atoms with Crippen molar-refractivity contribution < 1.29 is 9.53 Å². The van der Waals surface area contributed by atoms with E-state index in [2.05, 4.69) is 5.32 Å². The van der Waals surface area contributed by atoms with Gasteiger partial charge in [0.25, 0.3) is 5.91 Å². The Hall–Kier alpha value is -3.30. The molecule has 0 aliphatic heterocycles. The third-order valence-corrected chi connectivity index (χ3v) is 3.42. The molecule has 0 spiro atoms. The molecule has 2 aromatic carbocycles. The van der Waals surface area contributed by atoms with E-state index in [4.69, 9.17) is 10.5 Å².